The first-order chi connectivity index (χ1) is 10.2. The average molecular weight is 356 g/mol. The molecule has 1 N–H and O–H groups in total. The molecule has 1 aromatic carbocycles. The monoisotopic (exact) mass is 355 g/mol. The van der Waals surface area contributed by atoms with E-state index < -0.39 is 0 Å². The highest BCUT2D eigenvalue weighted by Crippen LogP contribution is 2.33. The summed E-state index contributed by atoms with van der Waals surface area (Å²) in [4.78, 5) is 11.8. The van der Waals surface area contributed by atoms with E-state index in [1.54, 1.807) is 0 Å². The predicted molar refractivity (Wildman–Crippen MR) is 85.5 cm³/mol. The first kappa shape index (κ1) is 16.3. The maximum Gasteiger partial charge on any atom is 0.322 e. The van der Waals surface area contributed by atoms with Crippen LogP contribution >= 0.6 is 15.9 Å². The van der Waals surface area contributed by atoms with Crippen molar-refractivity contribution >= 4 is 21.9 Å². The number of carbonyl (C=O) groups is 1. The number of methoxy groups -OCH3 is 1. The molecule has 4 nitrogen and oxygen atoms in total. The second-order valence-electron chi connectivity index (χ2n) is 5.25. The third-order valence-electron chi connectivity index (χ3n) is 3.70. The molecular formula is C16H22BrNO3. The third kappa shape index (κ3) is 4.20. The van der Waals surface area contributed by atoms with Crippen LogP contribution in [0.3, 0.4) is 0 Å². The fourth-order valence-electron chi connectivity index (χ4n) is 2.56. The summed E-state index contributed by atoms with van der Waals surface area (Å²) in [5.74, 6) is 0.765. The molecule has 1 unspecified atom stereocenters. The van der Waals surface area contributed by atoms with Crippen molar-refractivity contribution in [2.45, 2.75) is 45.2 Å². The first-order valence-corrected chi connectivity index (χ1v) is 8.20. The van der Waals surface area contributed by atoms with E-state index in [-0.39, 0.29) is 12.0 Å². The maximum atomic E-state index is 11.8. The van der Waals surface area contributed by atoms with Gasteiger partial charge in [-0.05, 0) is 24.1 Å². The van der Waals surface area contributed by atoms with E-state index in [4.69, 9.17) is 9.47 Å². The molecule has 0 spiro atoms. The Kier molecular flexibility index (Phi) is 6.06. The first-order valence-electron chi connectivity index (χ1n) is 7.41. The van der Waals surface area contributed by atoms with Crippen molar-refractivity contribution in [2.75, 3.05) is 13.7 Å². The summed E-state index contributed by atoms with van der Waals surface area (Å²) < 4.78 is 11.6. The number of fused-ring (bicyclic) bond motifs is 1. The van der Waals surface area contributed by atoms with E-state index >= 15 is 0 Å². The zero-order valence-corrected chi connectivity index (χ0v) is 14.2. The number of benzene rings is 1. The van der Waals surface area contributed by atoms with Crippen molar-refractivity contribution in [3.8, 4) is 5.75 Å². The van der Waals surface area contributed by atoms with Gasteiger partial charge in [-0.25, -0.2) is 0 Å². The van der Waals surface area contributed by atoms with Crippen molar-refractivity contribution in [2.24, 2.45) is 0 Å². The molecule has 21 heavy (non-hydrogen) atoms. The molecule has 0 saturated carbocycles. The Balaban J connectivity index is 2.05. The lowest BCUT2D eigenvalue weighted by Crippen LogP contribution is -2.37. The van der Waals surface area contributed by atoms with Crippen molar-refractivity contribution in [3.63, 3.8) is 0 Å². The second kappa shape index (κ2) is 7.80. The summed E-state index contributed by atoms with van der Waals surface area (Å²) in [6, 6.07) is 3.89. The van der Waals surface area contributed by atoms with Gasteiger partial charge >= 0.3 is 5.97 Å². The molecule has 0 aliphatic carbocycles. The van der Waals surface area contributed by atoms with E-state index in [9.17, 15) is 4.79 Å². The van der Waals surface area contributed by atoms with Gasteiger partial charge in [0, 0.05) is 23.0 Å². The lowest BCUT2D eigenvalue weighted by Gasteiger charge is -2.17. The van der Waals surface area contributed by atoms with Crippen LogP contribution < -0.4 is 10.1 Å². The van der Waals surface area contributed by atoms with Crippen molar-refractivity contribution in [3.05, 3.63) is 27.7 Å². The van der Waals surface area contributed by atoms with Gasteiger partial charge in [0.1, 0.15) is 11.8 Å². The van der Waals surface area contributed by atoms with Gasteiger partial charge in [0.05, 0.1) is 13.7 Å². The van der Waals surface area contributed by atoms with E-state index in [1.165, 1.54) is 12.7 Å². The number of esters is 1. The zero-order valence-electron chi connectivity index (χ0n) is 12.6. The lowest BCUT2D eigenvalue weighted by atomic mass is 10.1. The Morgan fingerprint density at radius 1 is 1.52 bits per heavy atom. The molecule has 5 heteroatoms. The summed E-state index contributed by atoms with van der Waals surface area (Å²) in [7, 11) is 1.43. The van der Waals surface area contributed by atoms with Crippen molar-refractivity contribution in [1.29, 1.82) is 0 Å². The van der Waals surface area contributed by atoms with Crippen LogP contribution in [0.25, 0.3) is 0 Å². The van der Waals surface area contributed by atoms with E-state index in [2.05, 4.69) is 34.2 Å². The van der Waals surface area contributed by atoms with Gasteiger partial charge in [-0.15, -0.1) is 0 Å². The minimum absolute atomic E-state index is 0.198. The standard InChI is InChI=1S/C16H22BrNO3/c1-3-4-5-14(16(19)20-2)18-10-12-9-13(17)8-11-6-7-21-15(11)12/h8-9,14,18H,3-7,10H2,1-2H3. The third-order valence-corrected chi connectivity index (χ3v) is 4.15. The minimum Gasteiger partial charge on any atom is -0.493 e. The number of hydrogen-bond donors (Lipinski definition) is 1. The van der Waals surface area contributed by atoms with Gasteiger partial charge in [0.25, 0.3) is 0 Å². The Labute approximate surface area is 134 Å². The Bertz CT molecular complexity index is 505. The molecule has 0 saturated heterocycles. The normalized spacial score (nSPS) is 14.4. The van der Waals surface area contributed by atoms with Crippen LogP contribution in [0.5, 0.6) is 5.75 Å². The van der Waals surface area contributed by atoms with Crippen LogP contribution in [0.1, 0.15) is 37.3 Å². The van der Waals surface area contributed by atoms with Gasteiger partial charge < -0.3 is 14.8 Å². The van der Waals surface area contributed by atoms with Crippen LogP contribution in [-0.2, 0) is 22.5 Å². The number of hydrogen-bond acceptors (Lipinski definition) is 4. The topological polar surface area (TPSA) is 47.6 Å². The van der Waals surface area contributed by atoms with Gasteiger partial charge in [-0.2, -0.15) is 0 Å². The minimum atomic E-state index is -0.258. The molecule has 0 aromatic heterocycles. The van der Waals surface area contributed by atoms with E-state index in [0.29, 0.717) is 6.54 Å². The molecule has 1 aliphatic rings. The lowest BCUT2D eigenvalue weighted by molar-refractivity contribution is -0.143. The smallest absolute Gasteiger partial charge is 0.322 e. The Morgan fingerprint density at radius 2 is 2.33 bits per heavy atom. The molecule has 1 atom stereocenters. The number of halogens is 1. The van der Waals surface area contributed by atoms with Crippen LogP contribution in [0.4, 0.5) is 0 Å². The van der Waals surface area contributed by atoms with E-state index in [0.717, 1.165) is 48.1 Å². The SMILES string of the molecule is CCCCC(NCc1cc(Br)cc2c1OCC2)C(=O)OC. The van der Waals surface area contributed by atoms with Crippen molar-refractivity contribution < 1.29 is 14.3 Å². The summed E-state index contributed by atoms with van der Waals surface area (Å²) in [6.45, 7) is 3.45. The highest BCUT2D eigenvalue weighted by Gasteiger charge is 2.21. The fraction of sp³-hybridized carbons (Fsp3) is 0.562. The van der Waals surface area contributed by atoms with Gasteiger partial charge in [-0.3, -0.25) is 4.79 Å². The van der Waals surface area contributed by atoms with Crippen LogP contribution in [-0.4, -0.2) is 25.7 Å². The summed E-state index contributed by atoms with van der Waals surface area (Å²) in [6.07, 6.45) is 3.79. The average Bonchev–Trinajstić information content (AvgIpc) is 2.94. The zero-order chi connectivity index (χ0) is 15.2. The number of unbranched alkanes of at least 4 members (excludes halogenated alkanes) is 1. The van der Waals surface area contributed by atoms with Gasteiger partial charge in [0.2, 0.25) is 0 Å². The summed E-state index contributed by atoms with van der Waals surface area (Å²) in [5.41, 5.74) is 2.31. The Hall–Kier alpha value is -1.07. The number of carbonyl (C=O) groups excluding carboxylic acids is 1. The molecule has 2 rings (SSSR count). The molecule has 1 heterocycles. The van der Waals surface area contributed by atoms with Gasteiger partial charge in [0.15, 0.2) is 0 Å². The van der Waals surface area contributed by atoms with Gasteiger partial charge in [-0.1, -0.05) is 35.7 Å². The van der Waals surface area contributed by atoms with Crippen molar-refractivity contribution in [1.82, 2.24) is 5.32 Å². The predicted octanol–water partition coefficient (Wildman–Crippen LogP) is 3.21. The van der Waals surface area contributed by atoms with E-state index in [1.807, 2.05) is 6.07 Å². The van der Waals surface area contributed by atoms with Crippen LogP contribution in [0.2, 0.25) is 0 Å². The molecule has 0 bridgehead atoms. The highest BCUT2D eigenvalue weighted by atomic mass is 79.9. The number of ether oxygens (including phenoxy) is 2. The molecular weight excluding hydrogens is 334 g/mol. The number of rotatable bonds is 7. The summed E-state index contributed by atoms with van der Waals surface area (Å²) in [5, 5.41) is 3.30. The largest absolute Gasteiger partial charge is 0.493 e. The van der Waals surface area contributed by atoms with Crippen LogP contribution in [0.15, 0.2) is 16.6 Å². The molecule has 1 aromatic rings. The Morgan fingerprint density at radius 3 is 3.05 bits per heavy atom. The highest BCUT2D eigenvalue weighted by molar-refractivity contribution is 9.10. The molecule has 0 radical (unpaired) electrons. The fourth-order valence-corrected chi connectivity index (χ4v) is 3.12. The quantitative estimate of drug-likeness (QED) is 0.763. The molecule has 116 valence electrons. The summed E-state index contributed by atoms with van der Waals surface area (Å²) >= 11 is 3.53. The second-order valence-corrected chi connectivity index (χ2v) is 6.17. The molecule has 1 aliphatic heterocycles. The van der Waals surface area contributed by atoms with Crippen LogP contribution in [0, 0.1) is 0 Å². The maximum absolute atomic E-state index is 11.8. The number of nitrogens with one attached hydrogen (secondary N) is 1. The molecule has 0 fully saturated rings. The molecule has 0 amide bonds.